The molecule has 0 radical (unpaired) electrons. The van der Waals surface area contributed by atoms with E-state index in [2.05, 4.69) is 23.2 Å². The number of carbonyl (C=O) groups is 1. The molecule has 0 aliphatic carbocycles. The Balaban J connectivity index is 1.59. The summed E-state index contributed by atoms with van der Waals surface area (Å²) in [6, 6.07) is 6.36. The van der Waals surface area contributed by atoms with Gasteiger partial charge in [0.05, 0.1) is 5.84 Å². The van der Waals surface area contributed by atoms with Crippen molar-refractivity contribution >= 4 is 11.7 Å². The zero-order valence-corrected chi connectivity index (χ0v) is 13.6. The Morgan fingerprint density at radius 2 is 2.00 bits per heavy atom. The second-order valence-electron chi connectivity index (χ2n) is 6.21. The lowest BCUT2D eigenvalue weighted by Gasteiger charge is -2.35. The van der Waals surface area contributed by atoms with Crippen molar-refractivity contribution in [2.24, 2.45) is 5.92 Å². The summed E-state index contributed by atoms with van der Waals surface area (Å²) in [4.78, 5) is 14.4. The number of amides is 1. The largest absolute Gasteiger partial charge is 0.454 e. The zero-order valence-electron chi connectivity index (χ0n) is 13.6. The summed E-state index contributed by atoms with van der Waals surface area (Å²) in [6.45, 7) is 5.82. The summed E-state index contributed by atoms with van der Waals surface area (Å²) >= 11 is 0. The van der Waals surface area contributed by atoms with E-state index in [0.29, 0.717) is 6.79 Å². The first-order chi connectivity index (χ1) is 11.0. The van der Waals surface area contributed by atoms with Gasteiger partial charge in [-0.1, -0.05) is 6.07 Å². The van der Waals surface area contributed by atoms with Crippen LogP contribution in [0.1, 0.15) is 38.3 Å². The number of hydrogen-bond acceptors (Lipinski definition) is 5. The molecule has 1 fully saturated rings. The first-order valence-corrected chi connectivity index (χ1v) is 8.04. The number of carbonyl (C=O) groups excluding carboxylic acids is 1. The van der Waals surface area contributed by atoms with E-state index in [1.165, 1.54) is 5.56 Å². The smallest absolute Gasteiger partial charge is 0.231 e. The molecule has 2 heterocycles. The standard InChI is InChI=1S/C17H23N3O3/c1-11(14-3-4-15-16(9-14)23-10-22-15)20-7-5-13(6-8-20)17(21)19-12(2)18/h3-4,9,11,13H,5-8,10H2,1-2H3,(H2,18,19,21). The lowest BCUT2D eigenvalue weighted by molar-refractivity contribution is -0.125. The van der Waals surface area contributed by atoms with E-state index in [1.807, 2.05) is 12.1 Å². The van der Waals surface area contributed by atoms with Crippen molar-refractivity contribution in [1.82, 2.24) is 10.2 Å². The Hall–Kier alpha value is -2.08. The van der Waals surface area contributed by atoms with Gasteiger partial charge in [0, 0.05) is 12.0 Å². The maximum atomic E-state index is 12.0. The molecule has 1 saturated heterocycles. The Morgan fingerprint density at radius 3 is 2.70 bits per heavy atom. The summed E-state index contributed by atoms with van der Waals surface area (Å²) in [5.74, 6) is 1.82. The highest BCUT2D eigenvalue weighted by Crippen LogP contribution is 2.36. The molecule has 0 bridgehead atoms. The quantitative estimate of drug-likeness (QED) is 0.662. The minimum Gasteiger partial charge on any atom is -0.454 e. The van der Waals surface area contributed by atoms with Gasteiger partial charge >= 0.3 is 0 Å². The maximum absolute atomic E-state index is 12.0. The highest BCUT2D eigenvalue weighted by Gasteiger charge is 2.28. The van der Waals surface area contributed by atoms with Crippen molar-refractivity contribution in [3.05, 3.63) is 23.8 Å². The number of piperidine rings is 1. The van der Waals surface area contributed by atoms with Crippen LogP contribution in [-0.2, 0) is 4.79 Å². The molecule has 3 rings (SSSR count). The van der Waals surface area contributed by atoms with Crippen molar-refractivity contribution in [3.8, 4) is 11.5 Å². The van der Waals surface area contributed by atoms with Crippen molar-refractivity contribution in [3.63, 3.8) is 0 Å². The van der Waals surface area contributed by atoms with Crippen LogP contribution in [0.25, 0.3) is 0 Å². The van der Waals surface area contributed by atoms with Gasteiger partial charge in [0.15, 0.2) is 11.5 Å². The minimum absolute atomic E-state index is 0.00973. The lowest BCUT2D eigenvalue weighted by Crippen LogP contribution is -2.42. The van der Waals surface area contributed by atoms with Crippen molar-refractivity contribution < 1.29 is 14.3 Å². The molecule has 2 aliphatic heterocycles. The normalized spacial score (nSPS) is 19.4. The van der Waals surface area contributed by atoms with Gasteiger partial charge in [-0.25, -0.2) is 0 Å². The Labute approximate surface area is 136 Å². The van der Waals surface area contributed by atoms with Crippen molar-refractivity contribution in [2.75, 3.05) is 19.9 Å². The predicted molar refractivity (Wildman–Crippen MR) is 86.8 cm³/mol. The topological polar surface area (TPSA) is 74.7 Å². The van der Waals surface area contributed by atoms with Crippen molar-refractivity contribution in [2.45, 2.75) is 32.7 Å². The molecule has 1 unspecified atom stereocenters. The van der Waals surface area contributed by atoms with E-state index >= 15 is 0 Å². The number of likely N-dealkylation sites (tertiary alicyclic amines) is 1. The van der Waals surface area contributed by atoms with E-state index in [1.54, 1.807) is 6.92 Å². The summed E-state index contributed by atoms with van der Waals surface area (Å²) in [5, 5.41) is 9.97. The van der Waals surface area contributed by atoms with Gasteiger partial charge in [0.25, 0.3) is 0 Å². The monoisotopic (exact) mass is 317 g/mol. The minimum atomic E-state index is -0.0205. The summed E-state index contributed by atoms with van der Waals surface area (Å²) in [5.41, 5.74) is 1.20. The number of amidine groups is 1. The number of fused-ring (bicyclic) bond motifs is 1. The van der Waals surface area contributed by atoms with E-state index in [-0.39, 0.29) is 23.7 Å². The van der Waals surface area contributed by atoms with Crippen LogP contribution in [0.4, 0.5) is 0 Å². The van der Waals surface area contributed by atoms with Gasteiger partial charge in [0.1, 0.15) is 0 Å². The molecular weight excluding hydrogens is 294 g/mol. The number of ether oxygens (including phenoxy) is 2. The lowest BCUT2D eigenvalue weighted by atomic mass is 9.93. The summed E-state index contributed by atoms with van der Waals surface area (Å²) < 4.78 is 10.8. The Kier molecular flexibility index (Phi) is 4.52. The maximum Gasteiger partial charge on any atom is 0.231 e. The third-order valence-corrected chi connectivity index (χ3v) is 4.64. The molecule has 0 aromatic heterocycles. The fourth-order valence-electron chi connectivity index (χ4n) is 3.22. The molecule has 1 aromatic carbocycles. The highest BCUT2D eigenvalue weighted by molar-refractivity contribution is 5.96. The Morgan fingerprint density at radius 1 is 1.30 bits per heavy atom. The van der Waals surface area contributed by atoms with Crippen LogP contribution in [0.15, 0.2) is 18.2 Å². The van der Waals surface area contributed by atoms with Gasteiger partial charge in [-0.3, -0.25) is 15.1 Å². The van der Waals surface area contributed by atoms with Crippen LogP contribution in [0.2, 0.25) is 0 Å². The molecule has 0 saturated carbocycles. The van der Waals surface area contributed by atoms with E-state index in [9.17, 15) is 4.79 Å². The van der Waals surface area contributed by atoms with E-state index in [4.69, 9.17) is 14.9 Å². The van der Waals surface area contributed by atoms with Crippen LogP contribution in [0.5, 0.6) is 11.5 Å². The van der Waals surface area contributed by atoms with Gasteiger partial charge in [-0.05, 0) is 57.5 Å². The summed E-state index contributed by atoms with van der Waals surface area (Å²) in [6.07, 6.45) is 1.65. The number of nitrogens with zero attached hydrogens (tertiary/aromatic N) is 1. The Bertz CT molecular complexity index is 609. The molecule has 1 amide bonds. The highest BCUT2D eigenvalue weighted by atomic mass is 16.7. The molecule has 124 valence electrons. The van der Waals surface area contributed by atoms with Gasteiger partial charge in [0.2, 0.25) is 12.7 Å². The molecular formula is C17H23N3O3. The molecule has 6 heteroatoms. The van der Waals surface area contributed by atoms with E-state index in [0.717, 1.165) is 37.4 Å². The zero-order chi connectivity index (χ0) is 16.4. The molecule has 2 aliphatic rings. The van der Waals surface area contributed by atoms with Gasteiger partial charge in [-0.15, -0.1) is 0 Å². The van der Waals surface area contributed by atoms with Crippen LogP contribution >= 0.6 is 0 Å². The number of nitrogens with one attached hydrogen (secondary N) is 2. The van der Waals surface area contributed by atoms with Crippen LogP contribution in [0, 0.1) is 11.3 Å². The van der Waals surface area contributed by atoms with E-state index < -0.39 is 0 Å². The first-order valence-electron chi connectivity index (χ1n) is 8.04. The van der Waals surface area contributed by atoms with Crippen LogP contribution in [0.3, 0.4) is 0 Å². The van der Waals surface area contributed by atoms with Crippen LogP contribution < -0.4 is 14.8 Å². The molecule has 2 N–H and O–H groups in total. The third kappa shape index (κ3) is 3.47. The van der Waals surface area contributed by atoms with Gasteiger partial charge < -0.3 is 14.8 Å². The second kappa shape index (κ2) is 6.58. The first kappa shape index (κ1) is 15.8. The predicted octanol–water partition coefficient (Wildman–Crippen LogP) is 2.30. The molecule has 1 atom stereocenters. The fraction of sp³-hybridized carbons (Fsp3) is 0.529. The average molecular weight is 317 g/mol. The molecule has 0 spiro atoms. The molecule has 1 aromatic rings. The summed E-state index contributed by atoms with van der Waals surface area (Å²) in [7, 11) is 0. The number of benzene rings is 1. The SMILES string of the molecule is CC(=N)NC(=O)C1CCN(C(C)c2ccc3c(c2)OCO3)CC1. The fourth-order valence-corrected chi connectivity index (χ4v) is 3.22. The third-order valence-electron chi connectivity index (χ3n) is 4.64. The number of hydrogen-bond donors (Lipinski definition) is 2. The van der Waals surface area contributed by atoms with Crippen LogP contribution in [-0.4, -0.2) is 36.5 Å². The second-order valence-corrected chi connectivity index (χ2v) is 6.21. The molecule has 23 heavy (non-hydrogen) atoms. The van der Waals surface area contributed by atoms with Gasteiger partial charge in [-0.2, -0.15) is 0 Å². The van der Waals surface area contributed by atoms with Crippen molar-refractivity contribution in [1.29, 1.82) is 5.41 Å². The number of rotatable bonds is 3. The average Bonchev–Trinajstić information content (AvgIpc) is 3.01. The molecule has 6 nitrogen and oxygen atoms in total.